The Bertz CT molecular complexity index is 2940. The molecule has 4 heterocycles. The fourth-order valence-electron chi connectivity index (χ4n) is 7.62. The number of thiophene rings is 2. The zero-order valence-corrected chi connectivity index (χ0v) is 45.5. The number of sulfonamides is 2. The minimum Gasteiger partial charge on any atom is -0.386 e. The van der Waals surface area contributed by atoms with E-state index in [0.717, 1.165) is 49.9 Å². The molecule has 0 radical (unpaired) electrons. The Morgan fingerprint density at radius 2 is 1.03 bits per heavy atom. The van der Waals surface area contributed by atoms with Gasteiger partial charge in [0.1, 0.15) is 20.1 Å². The minimum absolute atomic E-state index is 0.0727. The van der Waals surface area contributed by atoms with Crippen LogP contribution in [0.5, 0.6) is 0 Å². The van der Waals surface area contributed by atoms with Gasteiger partial charge >= 0.3 is 0 Å². The fraction of sp³-hybridized carbons (Fsp3) is 0.347. The van der Waals surface area contributed by atoms with Crippen LogP contribution in [0.15, 0.2) is 150 Å². The molecule has 22 heteroatoms. The monoisotopic (exact) mass is 1110 g/mol. The van der Waals surface area contributed by atoms with E-state index in [1.54, 1.807) is 115 Å². The lowest BCUT2D eigenvalue weighted by atomic mass is 9.98. The number of hydrogen-bond acceptors (Lipinski definition) is 15. The van der Waals surface area contributed by atoms with Crippen LogP contribution in [0, 0.1) is 11.6 Å². The molecule has 2 aromatic heterocycles. The number of rotatable bonds is 14. The van der Waals surface area contributed by atoms with Gasteiger partial charge in [-0.2, -0.15) is 17.0 Å². The minimum atomic E-state index is -3.68. The molecule has 0 spiro atoms. The lowest BCUT2D eigenvalue weighted by Crippen LogP contribution is -2.56. The molecule has 6 aromatic rings. The van der Waals surface area contributed by atoms with E-state index in [1.807, 2.05) is 41.3 Å². The summed E-state index contributed by atoms with van der Waals surface area (Å²) in [6, 6.07) is 33.5. The van der Waals surface area contributed by atoms with E-state index in [-0.39, 0.29) is 41.6 Å². The number of halogens is 2. The van der Waals surface area contributed by atoms with Crippen LogP contribution >= 0.6 is 47.1 Å². The van der Waals surface area contributed by atoms with Crippen molar-refractivity contribution in [1.82, 2.24) is 8.61 Å². The fourth-order valence-corrected chi connectivity index (χ4v) is 14.4. The van der Waals surface area contributed by atoms with Gasteiger partial charge in [0.15, 0.2) is 0 Å². The zero-order chi connectivity index (χ0) is 51.8. The van der Waals surface area contributed by atoms with Crippen LogP contribution in [-0.4, -0.2) is 114 Å². The number of thiol groups is 1. The third-order valence-electron chi connectivity index (χ3n) is 11.4. The molecule has 2 aliphatic rings. The Balaban J connectivity index is 0.000000201. The van der Waals surface area contributed by atoms with Gasteiger partial charge in [-0.25, -0.2) is 25.6 Å². The van der Waals surface area contributed by atoms with E-state index in [1.165, 1.54) is 39.9 Å². The molecule has 2 fully saturated rings. The number of piperazine rings is 2. The Kier molecular flexibility index (Phi) is 19.0. The van der Waals surface area contributed by atoms with E-state index in [0.29, 0.717) is 36.1 Å². The Hall–Kier alpha value is -3.91. The number of nitrogens with zero attached hydrogens (tertiary/aromatic N) is 4. The molecule has 8 rings (SSSR count). The van der Waals surface area contributed by atoms with Gasteiger partial charge in [-0.15, -0.1) is 47.1 Å². The van der Waals surface area contributed by atoms with E-state index >= 15 is 0 Å². The predicted octanol–water partition coefficient (Wildman–Crippen LogP) is 8.73. The highest BCUT2D eigenvalue weighted by molar-refractivity contribution is 7.99. The van der Waals surface area contributed by atoms with E-state index in [9.17, 15) is 44.2 Å². The first-order valence-corrected chi connectivity index (χ1v) is 30.1. The molecule has 71 heavy (non-hydrogen) atoms. The molecule has 0 unspecified atom stereocenters. The molecule has 2 aliphatic heterocycles. The van der Waals surface area contributed by atoms with E-state index < -0.39 is 47.4 Å². The summed E-state index contributed by atoms with van der Waals surface area (Å²) in [7, 11) is -10.9. The quantitative estimate of drug-likeness (QED) is 0.0541. The van der Waals surface area contributed by atoms with Crippen molar-refractivity contribution in [2.24, 2.45) is 0 Å². The lowest BCUT2D eigenvalue weighted by Gasteiger charge is -2.42. The van der Waals surface area contributed by atoms with Crippen LogP contribution < -0.4 is 9.80 Å². The maximum absolute atomic E-state index is 13.3. The van der Waals surface area contributed by atoms with E-state index in [4.69, 9.17) is 4.18 Å². The van der Waals surface area contributed by atoms with Gasteiger partial charge in [0.2, 0.25) is 0 Å². The largest absolute Gasteiger partial charge is 0.386 e. The van der Waals surface area contributed by atoms with Gasteiger partial charge in [0, 0.05) is 66.2 Å². The van der Waals surface area contributed by atoms with Crippen LogP contribution in [0.4, 0.5) is 20.2 Å². The molecule has 2 atom stereocenters. The molecule has 0 bridgehead atoms. The van der Waals surface area contributed by atoms with Gasteiger partial charge < -0.3 is 20.0 Å². The molecule has 2 N–H and O–H groups in total. The van der Waals surface area contributed by atoms with Crippen molar-refractivity contribution in [2.75, 3.05) is 67.7 Å². The van der Waals surface area contributed by atoms with Crippen molar-refractivity contribution in [2.45, 2.75) is 69.2 Å². The summed E-state index contributed by atoms with van der Waals surface area (Å²) < 4.78 is 109. The highest BCUT2D eigenvalue weighted by atomic mass is 32.3. The van der Waals surface area contributed by atoms with Crippen molar-refractivity contribution in [1.29, 1.82) is 0 Å². The number of benzene rings is 4. The summed E-state index contributed by atoms with van der Waals surface area (Å²) in [5.41, 5.74) is 1.45. The summed E-state index contributed by atoms with van der Waals surface area (Å²) in [5, 5.41) is 23.9. The van der Waals surface area contributed by atoms with Gasteiger partial charge in [0.25, 0.3) is 30.2 Å². The summed E-state index contributed by atoms with van der Waals surface area (Å²) in [6.07, 6.45) is 0.971. The van der Waals surface area contributed by atoms with Crippen molar-refractivity contribution in [3.63, 3.8) is 0 Å². The van der Waals surface area contributed by atoms with Crippen molar-refractivity contribution in [3.05, 3.63) is 155 Å². The summed E-state index contributed by atoms with van der Waals surface area (Å²) >= 11 is 7.93. The average molecular weight is 1110 g/mol. The number of aliphatic hydroxyl groups is 2. The van der Waals surface area contributed by atoms with Crippen LogP contribution in [0.1, 0.15) is 38.8 Å². The summed E-state index contributed by atoms with van der Waals surface area (Å²) in [4.78, 5) is 5.89. The second kappa shape index (κ2) is 24.0. The molecule has 384 valence electrons. The number of hydrogen-bond donors (Lipinski definition) is 3. The molecular weight excluding hydrogens is 1050 g/mol. The van der Waals surface area contributed by atoms with Gasteiger partial charge in [-0.05, 0) is 135 Å². The van der Waals surface area contributed by atoms with Crippen LogP contribution in [0.2, 0.25) is 0 Å². The zero-order valence-electron chi connectivity index (χ0n) is 39.7. The maximum Gasteiger partial charge on any atom is 0.264 e. The van der Waals surface area contributed by atoms with Crippen LogP contribution in [0.3, 0.4) is 0 Å². The Labute approximate surface area is 434 Å². The smallest absolute Gasteiger partial charge is 0.264 e. The molecular formula is C49H58F2N4O9S7. The summed E-state index contributed by atoms with van der Waals surface area (Å²) in [6.45, 7) is 8.78. The number of anilines is 2. The first-order valence-electron chi connectivity index (χ1n) is 22.2. The van der Waals surface area contributed by atoms with Crippen molar-refractivity contribution < 1.29 is 48.4 Å². The molecule has 2 saturated heterocycles. The SMILES string of the molecule is CC(C)(O)c1ccc(N2CCN(S(=O)(=O)c3cccs3)C[C@@H]2COS(C)(=O)=O)cc1.CC(C)(O)c1ccc(N2CCN(S(=O)(=O)c3cccs3)C[C@@H]2CSc2ccc(F)cc2)cc1.Fc1ccc(S)cc1. The molecule has 0 saturated carbocycles. The molecule has 13 nitrogen and oxygen atoms in total. The maximum atomic E-state index is 13.3. The van der Waals surface area contributed by atoms with Crippen molar-refractivity contribution in [3.8, 4) is 0 Å². The average Bonchev–Trinajstić information content (AvgIpc) is 4.09. The Morgan fingerprint density at radius 3 is 1.41 bits per heavy atom. The number of thioether (sulfide) groups is 1. The van der Waals surface area contributed by atoms with Crippen LogP contribution in [-0.2, 0) is 45.5 Å². The predicted molar refractivity (Wildman–Crippen MR) is 283 cm³/mol. The highest BCUT2D eigenvalue weighted by Crippen LogP contribution is 2.33. The summed E-state index contributed by atoms with van der Waals surface area (Å²) in [5.74, 6) is 0.150. The van der Waals surface area contributed by atoms with Gasteiger partial charge in [-0.1, -0.05) is 36.4 Å². The van der Waals surface area contributed by atoms with Crippen LogP contribution in [0.25, 0.3) is 0 Å². The first kappa shape index (κ1) is 56.4. The third kappa shape index (κ3) is 15.8. The normalized spacial score (nSPS) is 17.5. The second-order valence-corrected chi connectivity index (χ2v) is 27.2. The molecule has 0 amide bonds. The van der Waals surface area contributed by atoms with E-state index in [2.05, 4.69) is 17.5 Å². The van der Waals surface area contributed by atoms with Gasteiger partial charge in [0.05, 0.1) is 36.1 Å². The van der Waals surface area contributed by atoms with Crippen molar-refractivity contribution >= 4 is 88.6 Å². The topological polar surface area (TPSA) is 165 Å². The highest BCUT2D eigenvalue weighted by Gasteiger charge is 2.37. The molecule has 0 aliphatic carbocycles. The Morgan fingerprint density at radius 1 is 0.620 bits per heavy atom. The molecule has 4 aromatic carbocycles. The van der Waals surface area contributed by atoms with Gasteiger partial charge in [-0.3, -0.25) is 4.18 Å². The lowest BCUT2D eigenvalue weighted by molar-refractivity contribution is 0.0780. The second-order valence-electron chi connectivity index (χ2n) is 17.7. The standard InChI is InChI=1S/C24H27FN2O3S3.C19H26N2O6S3.C6H5FS/c1-24(2,28)18-5-9-20(10-6-18)27-14-13-26(33(29,30)23-4-3-15-31-23)16-21(27)17-32-22-11-7-19(25)8-12-22;1-19(2,22)15-6-8-16(9-7-15)21-11-10-20(13-17(21)14-27-29(3,23)24)30(25,26)18-5-4-12-28-18;7-5-1-3-6(8)4-2-5/h3-12,15,21,28H,13-14,16-17H2,1-2H3;4-9,12,17,22H,10-11,13-14H2,1-3H3;1-4,8H/t21-;17-;/m11./s1. The first-order chi connectivity index (χ1) is 33.3. The third-order valence-corrected chi connectivity index (χ3v) is 19.9.